The summed E-state index contributed by atoms with van der Waals surface area (Å²) in [5, 5.41) is 10.7. The molecule has 17 nitrogen and oxygen atoms in total. The lowest BCUT2D eigenvalue weighted by Gasteiger charge is -2.21. The second-order valence-corrected chi connectivity index (χ2v) is 29.1. The molecule has 0 rings (SSSR count). The lowest BCUT2D eigenvalue weighted by Crippen LogP contribution is -2.30. The van der Waals surface area contributed by atoms with Crippen molar-refractivity contribution in [1.29, 1.82) is 0 Å². The van der Waals surface area contributed by atoms with E-state index in [4.69, 9.17) is 37.0 Å². The number of carbonyl (C=O) groups excluding carboxylic acids is 4. The molecule has 0 spiro atoms. The van der Waals surface area contributed by atoms with Crippen LogP contribution in [0.1, 0.15) is 285 Å². The quantitative estimate of drug-likeness (QED) is 0.0169. The Balaban J connectivity index is 5.54. The predicted octanol–water partition coefficient (Wildman–Crippen LogP) is 24.1. The first-order valence-electron chi connectivity index (χ1n) is 40.7. The third-order valence-corrected chi connectivity index (χ3v) is 17.9. The number of phosphoric ester groups is 2. The van der Waals surface area contributed by atoms with Gasteiger partial charge in [0.05, 0.1) is 26.4 Å². The van der Waals surface area contributed by atoms with Gasteiger partial charge in [0.2, 0.25) is 0 Å². The highest BCUT2D eigenvalue weighted by atomic mass is 31.2. The van der Waals surface area contributed by atoms with Gasteiger partial charge in [-0.05, 0) is 167 Å². The largest absolute Gasteiger partial charge is 0.472 e. The number of hydrogen-bond acceptors (Lipinski definition) is 15. The maximum absolute atomic E-state index is 13.1. The summed E-state index contributed by atoms with van der Waals surface area (Å²) in [5.74, 6) is -2.40. The summed E-state index contributed by atoms with van der Waals surface area (Å²) in [4.78, 5) is 73.1. The number of ether oxygens (including phenoxy) is 4. The Morgan fingerprint density at radius 3 is 0.833 bits per heavy atom. The van der Waals surface area contributed by atoms with Crippen molar-refractivity contribution in [1.82, 2.24) is 0 Å². The van der Waals surface area contributed by atoms with Gasteiger partial charge in [0.25, 0.3) is 0 Å². The lowest BCUT2D eigenvalue weighted by molar-refractivity contribution is -0.161. The Labute approximate surface area is 653 Å². The molecule has 0 aromatic heterocycles. The van der Waals surface area contributed by atoms with E-state index in [2.05, 4.69) is 192 Å². The summed E-state index contributed by atoms with van der Waals surface area (Å²) in [6, 6.07) is 0. The van der Waals surface area contributed by atoms with E-state index >= 15 is 0 Å². The molecule has 19 heteroatoms. The summed E-state index contributed by atoms with van der Waals surface area (Å²) in [7, 11) is -10.0. The van der Waals surface area contributed by atoms with Crippen LogP contribution in [0.2, 0.25) is 0 Å². The van der Waals surface area contributed by atoms with Gasteiger partial charge in [-0.3, -0.25) is 37.3 Å². The number of aliphatic hydroxyl groups excluding tert-OH is 1. The number of allylic oxidation sites excluding steroid dienone is 32. The van der Waals surface area contributed by atoms with Crippen LogP contribution in [0.15, 0.2) is 194 Å². The van der Waals surface area contributed by atoms with Gasteiger partial charge >= 0.3 is 39.5 Å². The molecule has 5 atom stereocenters. The summed E-state index contributed by atoms with van der Waals surface area (Å²) >= 11 is 0. The molecule has 0 saturated heterocycles. The first-order chi connectivity index (χ1) is 52.7. The summed E-state index contributed by atoms with van der Waals surface area (Å²) < 4.78 is 68.5. The Morgan fingerprint density at radius 2 is 0.509 bits per heavy atom. The highest BCUT2D eigenvalue weighted by Gasteiger charge is 2.30. The van der Waals surface area contributed by atoms with Crippen LogP contribution in [0.4, 0.5) is 0 Å². The molecule has 5 unspecified atom stereocenters. The van der Waals surface area contributed by atoms with Crippen LogP contribution >= 0.6 is 15.6 Å². The zero-order valence-electron chi connectivity index (χ0n) is 66.7. The number of phosphoric acid groups is 2. The Hall–Kier alpha value is -6.10. The SMILES string of the molecule is CC/C=C\C/C=C\C/C=C\C/C=C\C/C=C\C/C=C\CCC(=O)OCC(COP(=O)(O)OCC(O)COP(=O)(O)OCC(COC(=O)CCC/C=C\C/C=C\C/C=C\C/C=C\C/C=C\CC)OC(=O)CCCCCCC/C=C\CCCCCCCC)OC(=O)CCCCCC/C=C\C/C=C\C/C=C\C/C=C\CC. The van der Waals surface area contributed by atoms with Gasteiger partial charge in [0.15, 0.2) is 12.2 Å². The van der Waals surface area contributed by atoms with E-state index in [1.165, 1.54) is 38.5 Å². The summed E-state index contributed by atoms with van der Waals surface area (Å²) in [6.45, 7) is 4.32. The maximum Gasteiger partial charge on any atom is 0.472 e. The number of carbonyl (C=O) groups is 4. The highest BCUT2D eigenvalue weighted by molar-refractivity contribution is 7.47. The first-order valence-corrected chi connectivity index (χ1v) is 43.7. The molecule has 0 bridgehead atoms. The summed E-state index contributed by atoms with van der Waals surface area (Å²) in [5.41, 5.74) is 0. The molecule has 0 saturated carbocycles. The molecule has 0 aromatic carbocycles. The second kappa shape index (κ2) is 79.0. The van der Waals surface area contributed by atoms with Crippen LogP contribution in [0, 0.1) is 0 Å². The van der Waals surface area contributed by atoms with Crippen molar-refractivity contribution >= 4 is 39.5 Å². The highest BCUT2D eigenvalue weighted by Crippen LogP contribution is 2.45. The molecule has 108 heavy (non-hydrogen) atoms. The van der Waals surface area contributed by atoms with Crippen molar-refractivity contribution in [3.8, 4) is 0 Å². The zero-order chi connectivity index (χ0) is 78.9. The maximum atomic E-state index is 13.1. The predicted molar refractivity (Wildman–Crippen MR) is 445 cm³/mol. The molecule has 0 aliphatic rings. The van der Waals surface area contributed by atoms with Gasteiger partial charge < -0.3 is 33.8 Å². The Kier molecular flexibility index (Phi) is 74.5. The van der Waals surface area contributed by atoms with E-state index in [0.717, 1.165) is 154 Å². The minimum atomic E-state index is -5.02. The van der Waals surface area contributed by atoms with Crippen molar-refractivity contribution in [2.24, 2.45) is 0 Å². The monoisotopic (exact) mass is 1540 g/mol. The molecule has 0 amide bonds. The van der Waals surface area contributed by atoms with E-state index in [9.17, 15) is 43.2 Å². The van der Waals surface area contributed by atoms with Crippen LogP contribution in [0.3, 0.4) is 0 Å². The third kappa shape index (κ3) is 78.0. The average molecular weight is 1550 g/mol. The minimum Gasteiger partial charge on any atom is -0.462 e. The van der Waals surface area contributed by atoms with Crippen LogP contribution in [0.25, 0.3) is 0 Å². The molecular formula is C89H142O17P2. The first kappa shape index (κ1) is 102. The van der Waals surface area contributed by atoms with Crippen LogP contribution < -0.4 is 0 Å². The normalized spacial score (nSPS) is 14.8. The fourth-order valence-corrected chi connectivity index (χ4v) is 11.6. The lowest BCUT2D eigenvalue weighted by atomic mass is 10.1. The van der Waals surface area contributed by atoms with E-state index in [-0.39, 0.29) is 25.7 Å². The van der Waals surface area contributed by atoms with Crippen molar-refractivity contribution in [2.45, 2.75) is 303 Å². The summed E-state index contributed by atoms with van der Waals surface area (Å²) in [6.07, 6.45) is 97.1. The van der Waals surface area contributed by atoms with Crippen molar-refractivity contribution < 1.29 is 80.2 Å². The van der Waals surface area contributed by atoms with Crippen molar-refractivity contribution in [3.63, 3.8) is 0 Å². The number of unbranched alkanes of at least 4 members (excludes halogenated alkanes) is 16. The second-order valence-electron chi connectivity index (χ2n) is 26.2. The fourth-order valence-electron chi connectivity index (χ4n) is 9.97. The van der Waals surface area contributed by atoms with Crippen molar-refractivity contribution in [3.05, 3.63) is 194 Å². The van der Waals surface area contributed by atoms with E-state index in [1.54, 1.807) is 0 Å². The van der Waals surface area contributed by atoms with E-state index in [0.29, 0.717) is 38.5 Å². The smallest absolute Gasteiger partial charge is 0.462 e. The van der Waals surface area contributed by atoms with Crippen LogP contribution in [0.5, 0.6) is 0 Å². The molecule has 610 valence electrons. The molecule has 0 aliphatic carbocycles. The van der Waals surface area contributed by atoms with E-state index in [1.807, 2.05) is 30.4 Å². The molecular weight excluding hydrogens is 1400 g/mol. The number of hydrogen-bond donors (Lipinski definition) is 3. The van der Waals surface area contributed by atoms with Crippen molar-refractivity contribution in [2.75, 3.05) is 39.6 Å². The Bertz CT molecular complexity index is 2810. The van der Waals surface area contributed by atoms with Gasteiger partial charge in [0, 0.05) is 25.7 Å². The standard InChI is InChI=1S/C89H142O17P2/c1-5-9-13-17-21-25-29-33-37-40-41-44-47-50-54-58-62-66-70-74-87(92)100-80-85(106-89(94)76-72-68-64-60-56-52-48-43-39-35-31-27-23-19-15-11-7-3)82-104-108(97,98)102-78-83(90)77-101-107(95,96)103-81-84(105-88(93)75-71-67-63-59-55-51-45-36-32-28-24-20-16-12-8-4)79-99-86(91)73-69-65-61-57-53-49-46-42-38-34-30-26-22-18-14-10-6-2/h9-11,13-15,21-23,25-27,33-39,41,44-46,48-50,52,54,57,61-62,66,83-85,90H,5-8,12,16-20,24,28-32,40,42-43,47,51,53,55-56,58-60,63-65,67-82H2,1-4H3,(H,95,96)(H,97,98)/b13-9-,14-10-,15-11-,25-21-,26-22-,27-23-,37-33-,38-34-,39-35-,44-41-,45-36-,49-46-,52-48-,54-50-,61-57-,66-62-. The molecule has 0 fully saturated rings. The topological polar surface area (TPSA) is 237 Å². The fraction of sp³-hybridized carbons (Fsp3) is 0.596. The van der Waals surface area contributed by atoms with Gasteiger partial charge in [-0.2, -0.15) is 0 Å². The Morgan fingerprint density at radius 1 is 0.269 bits per heavy atom. The van der Waals surface area contributed by atoms with E-state index < -0.39 is 97.5 Å². The molecule has 0 aliphatic heterocycles. The number of rotatable bonds is 74. The van der Waals surface area contributed by atoms with Gasteiger partial charge in [-0.25, -0.2) is 9.13 Å². The molecule has 0 heterocycles. The third-order valence-electron chi connectivity index (χ3n) is 16.0. The van der Waals surface area contributed by atoms with Gasteiger partial charge in [-0.1, -0.05) is 286 Å². The van der Waals surface area contributed by atoms with Gasteiger partial charge in [-0.15, -0.1) is 0 Å². The van der Waals surface area contributed by atoms with Crippen LogP contribution in [-0.2, 0) is 65.4 Å². The van der Waals surface area contributed by atoms with Gasteiger partial charge in [0.1, 0.15) is 19.3 Å². The number of aliphatic hydroxyl groups is 1. The zero-order valence-corrected chi connectivity index (χ0v) is 68.5. The molecule has 3 N–H and O–H groups in total. The average Bonchev–Trinajstić information content (AvgIpc) is 0.906. The number of esters is 4. The van der Waals surface area contributed by atoms with Crippen LogP contribution in [-0.4, -0.2) is 96.7 Å². The molecule has 0 aromatic rings. The minimum absolute atomic E-state index is 0.0215. The molecule has 0 radical (unpaired) electrons.